The van der Waals surface area contributed by atoms with Crippen molar-refractivity contribution in [3.8, 4) is 0 Å². The van der Waals surface area contributed by atoms with Gasteiger partial charge in [-0.05, 0) is 50.7 Å². The van der Waals surface area contributed by atoms with Crippen LogP contribution in [0.3, 0.4) is 0 Å². The average Bonchev–Trinajstić information content (AvgIpc) is 3.38. The molecule has 5 heteroatoms. The maximum Gasteiger partial charge on any atom is 0.228 e. The number of hydrogen-bond donors (Lipinski definition) is 0. The lowest BCUT2D eigenvalue weighted by atomic mass is 9.95. The second-order valence-electron chi connectivity index (χ2n) is 7.34. The summed E-state index contributed by atoms with van der Waals surface area (Å²) < 4.78 is 0. The summed E-state index contributed by atoms with van der Waals surface area (Å²) in [6.45, 7) is 2.25. The number of pyridine rings is 1. The minimum atomic E-state index is -0.0363. The molecule has 2 atom stereocenters. The summed E-state index contributed by atoms with van der Waals surface area (Å²) in [5, 5.41) is 0. The first kappa shape index (κ1) is 15.6. The zero-order valence-electron chi connectivity index (χ0n) is 14.1. The Kier molecular flexibility index (Phi) is 4.25. The van der Waals surface area contributed by atoms with Gasteiger partial charge in [0.05, 0.1) is 17.7 Å². The summed E-state index contributed by atoms with van der Waals surface area (Å²) in [5.74, 6) is 0.698. The molecule has 1 aromatic heterocycles. The van der Waals surface area contributed by atoms with Gasteiger partial charge in [0.2, 0.25) is 11.8 Å². The van der Waals surface area contributed by atoms with Crippen molar-refractivity contribution in [2.45, 2.75) is 44.6 Å². The number of hydrogen-bond acceptors (Lipinski definition) is 3. The molecule has 0 aromatic carbocycles. The second-order valence-corrected chi connectivity index (χ2v) is 7.34. The van der Waals surface area contributed by atoms with Crippen LogP contribution < -0.4 is 0 Å². The van der Waals surface area contributed by atoms with Crippen molar-refractivity contribution in [1.82, 2.24) is 14.8 Å². The van der Waals surface area contributed by atoms with Crippen molar-refractivity contribution in [2.75, 3.05) is 19.6 Å². The van der Waals surface area contributed by atoms with E-state index < -0.39 is 0 Å². The van der Waals surface area contributed by atoms with E-state index in [9.17, 15) is 9.59 Å². The Labute approximate surface area is 143 Å². The molecule has 1 aliphatic carbocycles. The normalized spacial score (nSPS) is 27.3. The quantitative estimate of drug-likeness (QED) is 0.856. The first-order chi connectivity index (χ1) is 11.7. The van der Waals surface area contributed by atoms with E-state index in [0.717, 1.165) is 57.3 Å². The van der Waals surface area contributed by atoms with Crippen LogP contribution in [0.5, 0.6) is 0 Å². The van der Waals surface area contributed by atoms with Crippen LogP contribution in [0.2, 0.25) is 0 Å². The zero-order valence-corrected chi connectivity index (χ0v) is 14.1. The summed E-state index contributed by atoms with van der Waals surface area (Å²) in [5.41, 5.74) is 0.991. The molecule has 3 aliphatic rings. The number of amides is 2. The van der Waals surface area contributed by atoms with Crippen LogP contribution in [-0.2, 0) is 9.59 Å². The Balaban J connectivity index is 1.45. The minimum absolute atomic E-state index is 0.0363. The number of nitrogens with zero attached hydrogens (tertiary/aromatic N) is 3. The van der Waals surface area contributed by atoms with E-state index >= 15 is 0 Å². The van der Waals surface area contributed by atoms with Gasteiger partial charge in [-0.3, -0.25) is 14.6 Å². The molecule has 0 unspecified atom stereocenters. The van der Waals surface area contributed by atoms with E-state index in [1.807, 2.05) is 28.0 Å². The van der Waals surface area contributed by atoms with Gasteiger partial charge in [-0.2, -0.15) is 0 Å². The van der Waals surface area contributed by atoms with E-state index in [0.29, 0.717) is 6.54 Å². The van der Waals surface area contributed by atoms with Gasteiger partial charge in [0, 0.05) is 31.7 Å². The molecule has 4 rings (SSSR count). The smallest absolute Gasteiger partial charge is 0.228 e. The largest absolute Gasteiger partial charge is 0.342 e. The molecule has 1 saturated carbocycles. The second kappa shape index (κ2) is 6.54. The van der Waals surface area contributed by atoms with Crippen LogP contribution in [0.15, 0.2) is 24.4 Å². The van der Waals surface area contributed by atoms with Crippen LogP contribution >= 0.6 is 0 Å². The highest BCUT2D eigenvalue weighted by Gasteiger charge is 2.39. The SMILES string of the molecule is O=C(C1CC1)N1CCC[C@@H](C(=O)N2CCC[C@@H]2c2ccccn2)C1. The van der Waals surface area contributed by atoms with Crippen molar-refractivity contribution < 1.29 is 9.59 Å². The van der Waals surface area contributed by atoms with E-state index in [4.69, 9.17) is 0 Å². The predicted molar refractivity (Wildman–Crippen MR) is 90.0 cm³/mol. The molecule has 0 bridgehead atoms. The molecule has 2 amide bonds. The fourth-order valence-corrected chi connectivity index (χ4v) is 4.11. The van der Waals surface area contributed by atoms with E-state index in [1.165, 1.54) is 0 Å². The highest BCUT2D eigenvalue weighted by atomic mass is 16.2. The topological polar surface area (TPSA) is 53.5 Å². The number of rotatable bonds is 3. The number of piperidine rings is 1. The van der Waals surface area contributed by atoms with Crippen molar-refractivity contribution in [3.63, 3.8) is 0 Å². The summed E-state index contributed by atoms with van der Waals surface area (Å²) in [6, 6.07) is 6.01. The van der Waals surface area contributed by atoms with Gasteiger partial charge < -0.3 is 9.80 Å². The maximum absolute atomic E-state index is 13.1. The number of likely N-dealkylation sites (tertiary alicyclic amines) is 2. The molecule has 3 fully saturated rings. The van der Waals surface area contributed by atoms with Gasteiger partial charge in [-0.15, -0.1) is 0 Å². The fraction of sp³-hybridized carbons (Fsp3) is 0.632. The zero-order chi connectivity index (χ0) is 16.5. The van der Waals surface area contributed by atoms with Gasteiger partial charge in [-0.1, -0.05) is 6.07 Å². The third-order valence-electron chi connectivity index (χ3n) is 5.57. The molecule has 1 aromatic rings. The predicted octanol–water partition coefficient (Wildman–Crippen LogP) is 2.39. The van der Waals surface area contributed by atoms with Crippen molar-refractivity contribution in [3.05, 3.63) is 30.1 Å². The summed E-state index contributed by atoms with van der Waals surface area (Å²) in [6.07, 6.45) is 7.72. The number of aromatic nitrogens is 1. The van der Waals surface area contributed by atoms with Crippen LogP contribution in [-0.4, -0.2) is 46.2 Å². The Morgan fingerprint density at radius 1 is 0.958 bits per heavy atom. The first-order valence-corrected chi connectivity index (χ1v) is 9.24. The van der Waals surface area contributed by atoms with Gasteiger partial charge in [-0.25, -0.2) is 0 Å². The van der Waals surface area contributed by atoms with Crippen molar-refractivity contribution >= 4 is 11.8 Å². The first-order valence-electron chi connectivity index (χ1n) is 9.24. The molecule has 0 N–H and O–H groups in total. The number of carbonyl (C=O) groups excluding carboxylic acids is 2. The summed E-state index contributed by atoms with van der Waals surface area (Å²) in [4.78, 5) is 33.8. The Bertz CT molecular complexity index is 614. The van der Waals surface area contributed by atoms with Gasteiger partial charge in [0.15, 0.2) is 0 Å². The molecule has 0 radical (unpaired) electrons. The third kappa shape index (κ3) is 3.04. The summed E-state index contributed by atoms with van der Waals surface area (Å²) >= 11 is 0. The number of carbonyl (C=O) groups is 2. The Hall–Kier alpha value is -1.91. The van der Waals surface area contributed by atoms with E-state index in [1.54, 1.807) is 6.20 Å². The van der Waals surface area contributed by atoms with Crippen molar-refractivity contribution in [2.24, 2.45) is 11.8 Å². The van der Waals surface area contributed by atoms with Gasteiger partial charge >= 0.3 is 0 Å². The molecule has 128 valence electrons. The highest BCUT2D eigenvalue weighted by Crippen LogP contribution is 2.35. The molecule has 3 heterocycles. The molecule has 0 spiro atoms. The lowest BCUT2D eigenvalue weighted by Crippen LogP contribution is -2.47. The van der Waals surface area contributed by atoms with Gasteiger partial charge in [0.25, 0.3) is 0 Å². The standard InChI is InChI=1S/C19H25N3O2/c23-18(14-8-9-14)21-11-3-5-15(13-21)19(24)22-12-4-7-17(22)16-6-1-2-10-20-16/h1-2,6,10,14-15,17H,3-5,7-9,11-13H2/t15-,17-/m1/s1. The third-order valence-corrected chi connectivity index (χ3v) is 5.57. The van der Waals surface area contributed by atoms with Crippen LogP contribution in [0, 0.1) is 11.8 Å². The summed E-state index contributed by atoms with van der Waals surface area (Å²) in [7, 11) is 0. The Morgan fingerprint density at radius 3 is 2.54 bits per heavy atom. The maximum atomic E-state index is 13.1. The molecule has 24 heavy (non-hydrogen) atoms. The van der Waals surface area contributed by atoms with Crippen LogP contribution in [0.4, 0.5) is 0 Å². The molecule has 5 nitrogen and oxygen atoms in total. The molecular formula is C19H25N3O2. The van der Waals surface area contributed by atoms with E-state index in [2.05, 4.69) is 4.98 Å². The lowest BCUT2D eigenvalue weighted by molar-refractivity contribution is -0.142. The van der Waals surface area contributed by atoms with Crippen LogP contribution in [0.1, 0.15) is 50.3 Å². The minimum Gasteiger partial charge on any atom is -0.342 e. The van der Waals surface area contributed by atoms with Gasteiger partial charge in [0.1, 0.15) is 0 Å². The fourth-order valence-electron chi connectivity index (χ4n) is 4.11. The molecule has 2 saturated heterocycles. The lowest BCUT2D eigenvalue weighted by Gasteiger charge is -2.35. The monoisotopic (exact) mass is 327 g/mol. The van der Waals surface area contributed by atoms with E-state index in [-0.39, 0.29) is 29.7 Å². The van der Waals surface area contributed by atoms with Crippen LogP contribution in [0.25, 0.3) is 0 Å². The highest BCUT2D eigenvalue weighted by molar-refractivity contribution is 5.84. The Morgan fingerprint density at radius 2 is 1.79 bits per heavy atom. The van der Waals surface area contributed by atoms with Crippen molar-refractivity contribution in [1.29, 1.82) is 0 Å². The molecular weight excluding hydrogens is 302 g/mol. The average molecular weight is 327 g/mol. The molecule has 2 aliphatic heterocycles.